The van der Waals surface area contributed by atoms with Crippen molar-refractivity contribution in [3.05, 3.63) is 422 Å². The number of nitrogens with zero attached hydrogens (tertiary/aromatic N) is 2. The van der Waals surface area contributed by atoms with Crippen molar-refractivity contribution in [2.75, 3.05) is 9.80 Å². The van der Waals surface area contributed by atoms with Gasteiger partial charge in [-0.1, -0.05) is 193 Å². The first-order valence-corrected chi connectivity index (χ1v) is 37.9. The van der Waals surface area contributed by atoms with Gasteiger partial charge in [-0.2, -0.15) is 0 Å². The third-order valence-corrected chi connectivity index (χ3v) is 24.5. The number of aryl methyl sites for hydroxylation is 2. The molecule has 18 rings (SSSR count). The molecule has 0 radical (unpaired) electrons. The molecule has 5 aliphatic rings. The fourth-order valence-electron chi connectivity index (χ4n) is 19.5. The summed E-state index contributed by atoms with van der Waals surface area (Å²) < 4.78 is 145. The van der Waals surface area contributed by atoms with E-state index in [4.69, 9.17) is 9.47 Å². The van der Waals surface area contributed by atoms with Crippen LogP contribution in [0.25, 0.3) is 34.4 Å². The maximum absolute atomic E-state index is 17.5. The Kier molecular flexibility index (Phi) is 17.1. The van der Waals surface area contributed by atoms with Crippen LogP contribution in [0.2, 0.25) is 0 Å². The molecule has 4 nitrogen and oxygen atoms in total. The summed E-state index contributed by atoms with van der Waals surface area (Å²) in [5, 5.41) is 0. The number of fused-ring (bicyclic) bond motifs is 10. The molecular formula is C101H76F8N2O2. The second kappa shape index (κ2) is 26.9. The van der Waals surface area contributed by atoms with Gasteiger partial charge in [0.15, 0.2) is 34.9 Å². The molecule has 13 aromatic rings. The average Bonchev–Trinajstić information content (AvgIpc) is 1.54. The van der Waals surface area contributed by atoms with Crippen molar-refractivity contribution in [2.45, 2.75) is 87.9 Å². The lowest BCUT2D eigenvalue weighted by Crippen LogP contribution is -2.37. The summed E-state index contributed by atoms with van der Waals surface area (Å²) in [7, 11) is 0. The summed E-state index contributed by atoms with van der Waals surface area (Å²) in [4.78, 5) is 4.03. The Morgan fingerprint density at radius 1 is 0.363 bits per heavy atom. The van der Waals surface area contributed by atoms with Crippen molar-refractivity contribution in [1.82, 2.24) is 0 Å². The molecule has 113 heavy (non-hydrogen) atoms. The number of allylic oxidation sites excluding steroid dienone is 3. The fourth-order valence-corrected chi connectivity index (χ4v) is 19.5. The Morgan fingerprint density at radius 2 is 0.770 bits per heavy atom. The SMILES string of the molecule is C=Cc1ccc(OC2=CCC(C3(c4ccc(F)c(F)c4F)c4ccccc4-c4ccc(N(c5ccc(C)c(F)c5)c5ccc6c(c5)C5(CC(C)(C)c7ccc(N(c8ccc(C)c(F)c8)c8ccc9c(c8)C(c8ccc(Oc%10ccc(C=C)cc%10)cc8)(c8ccc(F)c(F)c8F)c8ccccc8-9)cc75)CC6(C)C)cc43)C=C2)cc1. The molecule has 0 saturated carbocycles. The largest absolute Gasteiger partial charge is 0.458 e. The van der Waals surface area contributed by atoms with Crippen LogP contribution in [-0.4, -0.2) is 0 Å². The first kappa shape index (κ1) is 72.0. The standard InChI is InChI=1S/C101H76F8N2O2/c1-9-61-21-35-71(36-22-61)112-73-39-25-63(26-40-73)100(83-47-49-89(102)95(108)93(83)106)79-17-13-11-15-75(79)77-43-31-65(51-85(77)100)110(69-29-19-59(3)91(104)55-69)67-33-45-81-87(53-67)99(57-97(81,5)6)58-98(7,8)82-46-34-68(54-88(82)99)111(70-30-20-60(4)92(105)56-70)66-32-44-78-76-16-12-14-18-80(76)101(86(78)52-66,84-48-50-90(103)96(109)94(84)107)64-27-41-74(42-28-64)113-72-37-23-62(10-2)24-38-72/h9-27,29-56,64H,1-2,28,57-58H2,3-8H3. The molecule has 0 fully saturated rings. The summed E-state index contributed by atoms with van der Waals surface area (Å²) in [6, 6.07) is 77.1. The maximum atomic E-state index is 17.5. The second-order valence-corrected chi connectivity index (χ2v) is 31.8. The molecule has 0 amide bonds. The maximum Gasteiger partial charge on any atom is 0.194 e. The Balaban J connectivity index is 0.801. The zero-order valence-electron chi connectivity index (χ0n) is 63.0. The summed E-state index contributed by atoms with van der Waals surface area (Å²) in [6.45, 7) is 20.2. The summed E-state index contributed by atoms with van der Waals surface area (Å²) in [5.41, 5.74) is 11.7. The number of benzene rings is 13. The molecule has 12 heteroatoms. The zero-order valence-corrected chi connectivity index (χ0v) is 63.0. The number of anilines is 6. The minimum atomic E-state index is -1.62. The molecule has 4 atom stereocenters. The molecule has 4 unspecified atom stereocenters. The smallest absolute Gasteiger partial charge is 0.194 e. The van der Waals surface area contributed by atoms with E-state index in [1.54, 1.807) is 50.3 Å². The highest BCUT2D eigenvalue weighted by Gasteiger charge is 2.58. The van der Waals surface area contributed by atoms with Crippen molar-refractivity contribution >= 4 is 46.3 Å². The molecule has 1 spiro atoms. The molecule has 13 aromatic carbocycles. The van der Waals surface area contributed by atoms with Gasteiger partial charge in [0.25, 0.3) is 0 Å². The molecule has 0 bridgehead atoms. The predicted molar refractivity (Wildman–Crippen MR) is 436 cm³/mol. The number of hydrogen-bond acceptors (Lipinski definition) is 4. The van der Waals surface area contributed by atoms with Crippen LogP contribution in [0, 0.1) is 66.3 Å². The molecular weight excluding hydrogens is 1430 g/mol. The van der Waals surface area contributed by atoms with Crippen LogP contribution in [0.1, 0.15) is 130 Å². The Hall–Kier alpha value is -12.5. The highest BCUT2D eigenvalue weighted by atomic mass is 19.2. The van der Waals surface area contributed by atoms with Gasteiger partial charge in [-0.25, -0.2) is 35.1 Å². The molecule has 0 aromatic heterocycles. The van der Waals surface area contributed by atoms with Gasteiger partial charge in [0.1, 0.15) is 34.6 Å². The van der Waals surface area contributed by atoms with Gasteiger partial charge in [0.2, 0.25) is 0 Å². The lowest BCUT2D eigenvalue weighted by molar-refractivity contribution is 0.349. The Bertz CT molecular complexity index is 6190. The van der Waals surface area contributed by atoms with Crippen molar-refractivity contribution in [2.24, 2.45) is 5.92 Å². The summed E-state index contributed by atoms with van der Waals surface area (Å²) in [6.07, 6.45) is 10.9. The van der Waals surface area contributed by atoms with Crippen LogP contribution in [0.15, 0.2) is 292 Å². The van der Waals surface area contributed by atoms with E-state index < -0.39 is 79.5 Å². The zero-order chi connectivity index (χ0) is 78.4. The van der Waals surface area contributed by atoms with Crippen LogP contribution in [-0.2, 0) is 27.1 Å². The molecule has 0 aliphatic heterocycles. The highest BCUT2D eigenvalue weighted by molar-refractivity contribution is 5.92. The van der Waals surface area contributed by atoms with Crippen LogP contribution in [0.3, 0.4) is 0 Å². The summed E-state index contributed by atoms with van der Waals surface area (Å²) in [5.74, 6) is -7.81. The van der Waals surface area contributed by atoms with Gasteiger partial charge in [0.05, 0.1) is 10.8 Å². The second-order valence-electron chi connectivity index (χ2n) is 31.8. The minimum Gasteiger partial charge on any atom is -0.458 e. The third kappa shape index (κ3) is 11.3. The van der Waals surface area contributed by atoms with Gasteiger partial charge in [-0.15, -0.1) is 0 Å². The monoisotopic (exact) mass is 1500 g/mol. The number of halogens is 8. The Labute approximate surface area is 652 Å². The van der Waals surface area contributed by atoms with Crippen LogP contribution >= 0.6 is 0 Å². The lowest BCUT2D eigenvalue weighted by atomic mass is 9.62. The van der Waals surface area contributed by atoms with E-state index in [0.717, 1.165) is 67.8 Å². The molecule has 0 heterocycles. The third-order valence-electron chi connectivity index (χ3n) is 24.5. The fraction of sp³-hybridized carbons (Fsp3) is 0.149. The van der Waals surface area contributed by atoms with Gasteiger partial charge < -0.3 is 19.3 Å². The number of hydrogen-bond donors (Lipinski definition) is 0. The quantitative estimate of drug-likeness (QED) is 0.0711. The van der Waals surface area contributed by atoms with Crippen LogP contribution in [0.5, 0.6) is 17.2 Å². The van der Waals surface area contributed by atoms with E-state index in [-0.39, 0.29) is 11.1 Å². The van der Waals surface area contributed by atoms with Crippen molar-refractivity contribution in [1.29, 1.82) is 0 Å². The van der Waals surface area contributed by atoms with E-state index in [0.29, 0.717) is 115 Å². The lowest BCUT2D eigenvalue weighted by Gasteiger charge is -2.40. The van der Waals surface area contributed by atoms with E-state index in [9.17, 15) is 0 Å². The first-order valence-electron chi connectivity index (χ1n) is 37.9. The minimum absolute atomic E-state index is 0.0542. The normalized spacial score (nSPS) is 18.8. The van der Waals surface area contributed by atoms with Gasteiger partial charge in [-0.05, 0) is 278 Å². The van der Waals surface area contributed by atoms with Crippen LogP contribution < -0.4 is 19.3 Å². The summed E-state index contributed by atoms with van der Waals surface area (Å²) >= 11 is 0. The van der Waals surface area contributed by atoms with E-state index in [1.165, 1.54) is 24.3 Å². The molecule has 0 N–H and O–H groups in total. The number of rotatable bonds is 16. The van der Waals surface area contributed by atoms with Gasteiger partial charge in [-0.3, -0.25) is 0 Å². The number of ether oxygens (including phenoxy) is 2. The van der Waals surface area contributed by atoms with Crippen molar-refractivity contribution in [3.63, 3.8) is 0 Å². The molecule has 0 saturated heterocycles. The van der Waals surface area contributed by atoms with Gasteiger partial charge >= 0.3 is 0 Å². The highest BCUT2D eigenvalue weighted by Crippen LogP contribution is 2.66. The topological polar surface area (TPSA) is 24.9 Å². The average molecular weight is 1500 g/mol. The molecule has 5 aliphatic carbocycles. The predicted octanol–water partition coefficient (Wildman–Crippen LogP) is 27.3. The molecule has 558 valence electrons. The van der Waals surface area contributed by atoms with Crippen LogP contribution in [0.4, 0.5) is 69.2 Å². The van der Waals surface area contributed by atoms with Gasteiger partial charge in [0, 0.05) is 50.7 Å². The van der Waals surface area contributed by atoms with E-state index in [1.807, 2.05) is 186 Å². The van der Waals surface area contributed by atoms with E-state index in [2.05, 4.69) is 77.3 Å². The van der Waals surface area contributed by atoms with Crippen molar-refractivity contribution in [3.8, 4) is 39.5 Å². The van der Waals surface area contributed by atoms with Crippen molar-refractivity contribution < 1.29 is 44.6 Å². The Morgan fingerprint density at radius 3 is 1.27 bits per heavy atom. The first-order chi connectivity index (χ1) is 54.4. The van der Waals surface area contributed by atoms with E-state index >= 15 is 35.1 Å².